The van der Waals surface area contributed by atoms with Gasteiger partial charge in [-0.25, -0.2) is 13.2 Å². The zero-order valence-electron chi connectivity index (χ0n) is 15.8. The molecule has 0 spiro atoms. The van der Waals surface area contributed by atoms with Gasteiger partial charge in [-0.2, -0.15) is 8.78 Å². The molecule has 2 aromatic carbocycles. The Kier molecular flexibility index (Phi) is 7.66. The number of aryl methyl sites for hydroxylation is 1. The van der Waals surface area contributed by atoms with Gasteiger partial charge in [0.05, 0.1) is 7.11 Å². The van der Waals surface area contributed by atoms with Gasteiger partial charge in [-0.15, -0.1) is 0 Å². The number of hydrogen-bond acceptors (Lipinski definition) is 2. The summed E-state index contributed by atoms with van der Waals surface area (Å²) in [4.78, 5) is 0. The number of benzene rings is 2. The average molecular weight is 402 g/mol. The first-order chi connectivity index (χ1) is 13.3. The summed E-state index contributed by atoms with van der Waals surface area (Å²) in [5.74, 6) is -7.95. The van der Waals surface area contributed by atoms with Crippen molar-refractivity contribution in [2.75, 3.05) is 13.7 Å². The van der Waals surface area contributed by atoms with Gasteiger partial charge in [0, 0.05) is 6.42 Å². The van der Waals surface area contributed by atoms with Crippen LogP contribution in [0.25, 0.3) is 0 Å². The Labute approximate surface area is 161 Å². The van der Waals surface area contributed by atoms with Crippen molar-refractivity contribution in [2.45, 2.75) is 45.0 Å². The van der Waals surface area contributed by atoms with Crippen molar-refractivity contribution in [1.29, 1.82) is 0 Å². The molecule has 2 aromatic rings. The molecule has 0 aliphatic carbocycles. The van der Waals surface area contributed by atoms with Crippen LogP contribution in [0.2, 0.25) is 0 Å². The van der Waals surface area contributed by atoms with Gasteiger partial charge in [0.1, 0.15) is 5.82 Å². The van der Waals surface area contributed by atoms with Crippen LogP contribution in [0.5, 0.6) is 11.5 Å². The third kappa shape index (κ3) is 5.84. The van der Waals surface area contributed by atoms with Gasteiger partial charge in [0.2, 0.25) is 11.6 Å². The minimum Gasteiger partial charge on any atom is -0.494 e. The average Bonchev–Trinajstić information content (AvgIpc) is 2.65. The lowest BCUT2D eigenvalue weighted by atomic mass is 10.0. The maximum absolute atomic E-state index is 14.2. The van der Waals surface area contributed by atoms with E-state index in [4.69, 9.17) is 4.74 Å². The van der Waals surface area contributed by atoms with Gasteiger partial charge in [0.25, 0.3) is 5.92 Å². The van der Waals surface area contributed by atoms with E-state index in [2.05, 4.69) is 11.7 Å². The van der Waals surface area contributed by atoms with Crippen LogP contribution in [0.4, 0.5) is 22.0 Å². The number of alkyl halides is 2. The third-order valence-electron chi connectivity index (χ3n) is 4.31. The Balaban J connectivity index is 2.01. The molecule has 0 saturated heterocycles. The molecule has 0 saturated carbocycles. The summed E-state index contributed by atoms with van der Waals surface area (Å²) in [6.07, 6.45) is 2.73. The number of rotatable bonds is 10. The second-order valence-corrected chi connectivity index (χ2v) is 6.60. The standard InChI is InChI=1S/C21H23F5O2/c1-3-4-5-6-14-7-8-15(16(22)11-14)12-21(25,26)13-28-18-10-9-17(27-2)19(23)20(18)24/h7-11H,3-6,12-13H2,1-2H3. The highest BCUT2D eigenvalue weighted by molar-refractivity contribution is 5.35. The van der Waals surface area contributed by atoms with E-state index in [1.165, 1.54) is 12.1 Å². The third-order valence-corrected chi connectivity index (χ3v) is 4.31. The van der Waals surface area contributed by atoms with Crippen LogP contribution in [0, 0.1) is 17.5 Å². The number of hydrogen-bond donors (Lipinski definition) is 0. The quantitative estimate of drug-likeness (QED) is 0.353. The van der Waals surface area contributed by atoms with E-state index in [-0.39, 0.29) is 11.3 Å². The van der Waals surface area contributed by atoms with Crippen LogP contribution >= 0.6 is 0 Å². The summed E-state index contributed by atoms with van der Waals surface area (Å²) in [6.45, 7) is 0.841. The fourth-order valence-corrected chi connectivity index (χ4v) is 2.76. The summed E-state index contributed by atoms with van der Waals surface area (Å²) >= 11 is 0. The SMILES string of the molecule is CCCCCc1ccc(CC(F)(F)COc2ccc(OC)c(F)c2F)c(F)c1. The van der Waals surface area contributed by atoms with Crippen molar-refractivity contribution < 1.29 is 31.4 Å². The minimum atomic E-state index is -3.46. The number of unbranched alkanes of at least 4 members (excludes halogenated alkanes) is 2. The minimum absolute atomic E-state index is 0.158. The molecule has 0 N–H and O–H groups in total. The summed E-state index contributed by atoms with van der Waals surface area (Å²) in [7, 11) is 1.15. The molecule has 0 aliphatic rings. The second kappa shape index (κ2) is 9.75. The van der Waals surface area contributed by atoms with E-state index in [1.807, 2.05) is 0 Å². The molecule has 0 heterocycles. The highest BCUT2D eigenvalue weighted by Crippen LogP contribution is 2.29. The topological polar surface area (TPSA) is 18.5 Å². The zero-order chi connectivity index (χ0) is 20.7. The lowest BCUT2D eigenvalue weighted by Crippen LogP contribution is -2.29. The summed E-state index contributed by atoms with van der Waals surface area (Å²) in [5.41, 5.74) is 0.597. The molecule has 2 nitrogen and oxygen atoms in total. The Morgan fingerprint density at radius 3 is 2.25 bits per heavy atom. The first-order valence-electron chi connectivity index (χ1n) is 9.07. The monoisotopic (exact) mass is 402 g/mol. The molecule has 0 fully saturated rings. The van der Waals surface area contributed by atoms with Crippen molar-refractivity contribution in [2.24, 2.45) is 0 Å². The molecular weight excluding hydrogens is 379 g/mol. The predicted molar refractivity (Wildman–Crippen MR) is 96.7 cm³/mol. The first-order valence-corrected chi connectivity index (χ1v) is 9.07. The van der Waals surface area contributed by atoms with Crippen LogP contribution in [-0.4, -0.2) is 19.6 Å². The maximum atomic E-state index is 14.2. The van der Waals surface area contributed by atoms with Crippen LogP contribution in [-0.2, 0) is 12.8 Å². The van der Waals surface area contributed by atoms with Gasteiger partial charge in [-0.05, 0) is 42.2 Å². The van der Waals surface area contributed by atoms with Crippen molar-refractivity contribution >= 4 is 0 Å². The fourth-order valence-electron chi connectivity index (χ4n) is 2.76. The molecule has 0 amide bonds. The molecule has 28 heavy (non-hydrogen) atoms. The first kappa shape index (κ1) is 22.0. The lowest BCUT2D eigenvalue weighted by molar-refractivity contribution is -0.0416. The van der Waals surface area contributed by atoms with Crippen LogP contribution in [0.3, 0.4) is 0 Å². The van der Waals surface area contributed by atoms with Gasteiger partial charge in [0.15, 0.2) is 18.1 Å². The molecule has 154 valence electrons. The van der Waals surface area contributed by atoms with Crippen molar-refractivity contribution in [1.82, 2.24) is 0 Å². The zero-order valence-corrected chi connectivity index (χ0v) is 15.8. The van der Waals surface area contributed by atoms with Crippen molar-refractivity contribution in [3.05, 3.63) is 58.9 Å². The Hall–Kier alpha value is -2.31. The van der Waals surface area contributed by atoms with Gasteiger partial charge >= 0.3 is 0 Å². The smallest absolute Gasteiger partial charge is 0.285 e. The van der Waals surface area contributed by atoms with Crippen molar-refractivity contribution in [3.63, 3.8) is 0 Å². The molecule has 0 atom stereocenters. The molecule has 0 radical (unpaired) electrons. The summed E-state index contributed by atoms with van der Waals surface area (Å²) < 4.78 is 79.2. The number of ether oxygens (including phenoxy) is 2. The molecule has 7 heteroatoms. The fraction of sp³-hybridized carbons (Fsp3) is 0.429. The van der Waals surface area contributed by atoms with Gasteiger partial charge in [-0.1, -0.05) is 31.9 Å². The lowest BCUT2D eigenvalue weighted by Gasteiger charge is -2.18. The predicted octanol–water partition coefficient (Wildman–Crippen LogP) is 6.10. The van der Waals surface area contributed by atoms with E-state index in [0.29, 0.717) is 6.42 Å². The van der Waals surface area contributed by atoms with Gasteiger partial charge in [-0.3, -0.25) is 0 Å². The molecule has 0 aromatic heterocycles. The molecule has 2 rings (SSSR count). The van der Waals surface area contributed by atoms with Crippen LogP contribution < -0.4 is 9.47 Å². The van der Waals surface area contributed by atoms with Crippen LogP contribution in [0.15, 0.2) is 30.3 Å². The maximum Gasteiger partial charge on any atom is 0.285 e. The van der Waals surface area contributed by atoms with Crippen LogP contribution in [0.1, 0.15) is 37.3 Å². The summed E-state index contributed by atoms with van der Waals surface area (Å²) in [5, 5.41) is 0. The number of methoxy groups -OCH3 is 1. The highest BCUT2D eigenvalue weighted by atomic mass is 19.3. The molecular formula is C21H23F5O2. The largest absolute Gasteiger partial charge is 0.494 e. The van der Waals surface area contributed by atoms with E-state index in [0.717, 1.165) is 44.1 Å². The molecule has 0 unspecified atom stereocenters. The van der Waals surface area contributed by atoms with E-state index >= 15 is 0 Å². The second-order valence-electron chi connectivity index (χ2n) is 6.60. The van der Waals surface area contributed by atoms with Gasteiger partial charge < -0.3 is 9.47 Å². The number of halogens is 5. The van der Waals surface area contributed by atoms with E-state index in [1.54, 1.807) is 6.07 Å². The van der Waals surface area contributed by atoms with Crippen molar-refractivity contribution in [3.8, 4) is 11.5 Å². The normalized spacial score (nSPS) is 11.5. The van der Waals surface area contributed by atoms with E-state index < -0.39 is 42.2 Å². The molecule has 0 aliphatic heterocycles. The summed E-state index contributed by atoms with van der Waals surface area (Å²) in [6, 6.07) is 6.30. The Morgan fingerprint density at radius 2 is 1.61 bits per heavy atom. The highest BCUT2D eigenvalue weighted by Gasteiger charge is 2.32. The van der Waals surface area contributed by atoms with E-state index in [9.17, 15) is 22.0 Å². The molecule has 0 bridgehead atoms. The Morgan fingerprint density at radius 1 is 0.929 bits per heavy atom. The Bertz CT molecular complexity index is 793.